The number of rotatable bonds is 2. The summed E-state index contributed by atoms with van der Waals surface area (Å²) in [5.74, 6) is -0.380. The minimum Gasteiger partial charge on any atom is -0.334 e. The van der Waals surface area contributed by atoms with Gasteiger partial charge in [0.2, 0.25) is 5.91 Å². The number of H-pyrrole nitrogens is 1. The molecule has 0 radical (unpaired) electrons. The molecule has 4 rings (SSSR count). The van der Waals surface area contributed by atoms with Crippen molar-refractivity contribution in [2.24, 2.45) is 0 Å². The number of carbonyl (C=O) groups excluding carboxylic acids is 2. The highest BCUT2D eigenvalue weighted by Gasteiger charge is 2.21. The van der Waals surface area contributed by atoms with Crippen molar-refractivity contribution in [1.29, 1.82) is 0 Å². The van der Waals surface area contributed by atoms with Crippen LogP contribution in [0.2, 0.25) is 0 Å². The SMILES string of the molecule is CC(=O)N1Cc2ccc(NC(=O)c3n[nH]c(=O)c4ccccc34)cc2C1. The number of nitrogens with one attached hydrogen (secondary N) is 2. The molecule has 2 N–H and O–H groups in total. The van der Waals surface area contributed by atoms with E-state index in [9.17, 15) is 14.4 Å². The number of benzene rings is 2. The van der Waals surface area contributed by atoms with Crippen molar-refractivity contribution in [3.05, 3.63) is 69.6 Å². The molecule has 3 aromatic rings. The van der Waals surface area contributed by atoms with Gasteiger partial charge in [0.1, 0.15) is 0 Å². The minimum atomic E-state index is -0.404. The second-order valence-corrected chi connectivity index (χ2v) is 6.26. The summed E-state index contributed by atoms with van der Waals surface area (Å²) >= 11 is 0. The zero-order valence-corrected chi connectivity index (χ0v) is 14.1. The van der Waals surface area contributed by atoms with Crippen molar-refractivity contribution in [3.8, 4) is 0 Å². The molecule has 26 heavy (non-hydrogen) atoms. The van der Waals surface area contributed by atoms with Gasteiger partial charge in [0, 0.05) is 31.1 Å². The van der Waals surface area contributed by atoms with Gasteiger partial charge in [-0.05, 0) is 29.3 Å². The van der Waals surface area contributed by atoms with Gasteiger partial charge in [0.15, 0.2) is 5.69 Å². The second-order valence-electron chi connectivity index (χ2n) is 6.26. The summed E-state index contributed by atoms with van der Waals surface area (Å²) < 4.78 is 0. The van der Waals surface area contributed by atoms with E-state index >= 15 is 0 Å². The van der Waals surface area contributed by atoms with Crippen molar-refractivity contribution in [2.45, 2.75) is 20.0 Å². The zero-order chi connectivity index (χ0) is 18.3. The maximum absolute atomic E-state index is 12.7. The topological polar surface area (TPSA) is 95.2 Å². The lowest BCUT2D eigenvalue weighted by molar-refractivity contribution is -0.129. The summed E-state index contributed by atoms with van der Waals surface area (Å²) in [6.07, 6.45) is 0. The number of anilines is 1. The maximum atomic E-state index is 12.7. The standard InChI is InChI=1S/C19H16N4O3/c1-11(24)23-9-12-6-7-14(8-13(12)10-23)20-19(26)17-15-4-2-3-5-16(15)18(25)22-21-17/h2-8H,9-10H2,1H3,(H,20,26)(H,22,25). The predicted octanol–water partition coefficient (Wildman–Crippen LogP) is 2.04. The van der Waals surface area contributed by atoms with Crippen LogP contribution in [0.3, 0.4) is 0 Å². The van der Waals surface area contributed by atoms with Crippen LogP contribution in [0.25, 0.3) is 10.8 Å². The molecule has 1 aliphatic rings. The number of hydrogen-bond acceptors (Lipinski definition) is 4. The molecular formula is C19H16N4O3. The average molecular weight is 348 g/mol. The molecule has 130 valence electrons. The summed E-state index contributed by atoms with van der Waals surface area (Å²) in [4.78, 5) is 37.8. The van der Waals surface area contributed by atoms with Crippen LogP contribution in [0.4, 0.5) is 5.69 Å². The molecule has 0 aliphatic carbocycles. The minimum absolute atomic E-state index is 0.0238. The van der Waals surface area contributed by atoms with Gasteiger partial charge in [-0.25, -0.2) is 5.10 Å². The van der Waals surface area contributed by atoms with Gasteiger partial charge < -0.3 is 10.2 Å². The Hall–Kier alpha value is -3.48. The first-order valence-corrected chi connectivity index (χ1v) is 8.19. The molecular weight excluding hydrogens is 332 g/mol. The smallest absolute Gasteiger partial charge is 0.276 e. The normalized spacial score (nSPS) is 12.9. The molecule has 7 heteroatoms. The van der Waals surface area contributed by atoms with Crippen molar-refractivity contribution < 1.29 is 9.59 Å². The lowest BCUT2D eigenvalue weighted by atomic mass is 10.1. The average Bonchev–Trinajstić information content (AvgIpc) is 3.06. The number of aromatic amines is 1. The quantitative estimate of drug-likeness (QED) is 0.741. The van der Waals surface area contributed by atoms with Gasteiger partial charge in [0.25, 0.3) is 11.5 Å². The van der Waals surface area contributed by atoms with Gasteiger partial charge in [-0.1, -0.05) is 24.3 Å². The summed E-state index contributed by atoms with van der Waals surface area (Å²) in [7, 11) is 0. The van der Waals surface area contributed by atoms with E-state index in [4.69, 9.17) is 0 Å². The Kier molecular flexibility index (Phi) is 3.76. The van der Waals surface area contributed by atoms with Crippen LogP contribution in [0, 0.1) is 0 Å². The van der Waals surface area contributed by atoms with Crippen molar-refractivity contribution in [3.63, 3.8) is 0 Å². The van der Waals surface area contributed by atoms with Crippen LogP contribution in [-0.4, -0.2) is 26.9 Å². The molecule has 2 aromatic carbocycles. The number of fused-ring (bicyclic) bond motifs is 2. The van der Waals surface area contributed by atoms with Crippen LogP contribution >= 0.6 is 0 Å². The van der Waals surface area contributed by atoms with Crippen LogP contribution in [-0.2, 0) is 17.9 Å². The molecule has 0 unspecified atom stereocenters. The molecule has 0 saturated carbocycles. The van der Waals surface area contributed by atoms with E-state index in [1.165, 1.54) is 0 Å². The Balaban J connectivity index is 1.63. The Morgan fingerprint density at radius 2 is 1.81 bits per heavy atom. The van der Waals surface area contributed by atoms with E-state index in [2.05, 4.69) is 15.5 Å². The van der Waals surface area contributed by atoms with E-state index in [0.717, 1.165) is 11.1 Å². The van der Waals surface area contributed by atoms with E-state index in [1.54, 1.807) is 42.2 Å². The highest BCUT2D eigenvalue weighted by atomic mass is 16.2. The highest BCUT2D eigenvalue weighted by Crippen LogP contribution is 2.26. The molecule has 1 aromatic heterocycles. The molecule has 0 spiro atoms. The number of hydrogen-bond donors (Lipinski definition) is 2. The third-order valence-corrected chi connectivity index (χ3v) is 4.54. The van der Waals surface area contributed by atoms with Crippen LogP contribution in [0.1, 0.15) is 28.5 Å². The largest absolute Gasteiger partial charge is 0.334 e. The van der Waals surface area contributed by atoms with Crippen molar-refractivity contribution >= 4 is 28.3 Å². The van der Waals surface area contributed by atoms with Gasteiger partial charge in [-0.2, -0.15) is 5.10 Å². The fraction of sp³-hybridized carbons (Fsp3) is 0.158. The van der Waals surface area contributed by atoms with Crippen molar-refractivity contribution in [1.82, 2.24) is 15.1 Å². The van der Waals surface area contributed by atoms with Crippen LogP contribution in [0.5, 0.6) is 0 Å². The Bertz CT molecular complexity index is 1100. The Morgan fingerprint density at radius 3 is 2.58 bits per heavy atom. The van der Waals surface area contributed by atoms with Crippen LogP contribution in [0.15, 0.2) is 47.3 Å². The van der Waals surface area contributed by atoms with Gasteiger partial charge >= 0.3 is 0 Å². The molecule has 0 fully saturated rings. The van der Waals surface area contributed by atoms with E-state index in [0.29, 0.717) is 29.5 Å². The molecule has 7 nitrogen and oxygen atoms in total. The van der Waals surface area contributed by atoms with E-state index in [-0.39, 0.29) is 17.2 Å². The highest BCUT2D eigenvalue weighted by molar-refractivity contribution is 6.11. The summed E-state index contributed by atoms with van der Waals surface area (Å²) in [5, 5.41) is 10.00. The first-order chi connectivity index (χ1) is 12.5. The van der Waals surface area contributed by atoms with Gasteiger partial charge in [-0.15, -0.1) is 0 Å². The number of nitrogens with zero attached hydrogens (tertiary/aromatic N) is 2. The lowest BCUT2D eigenvalue weighted by Crippen LogP contribution is -2.21. The fourth-order valence-corrected chi connectivity index (χ4v) is 3.17. The number of amides is 2. The van der Waals surface area contributed by atoms with Gasteiger partial charge in [-0.3, -0.25) is 14.4 Å². The Labute approximate surface area is 148 Å². The zero-order valence-electron chi connectivity index (χ0n) is 14.1. The number of aromatic nitrogens is 2. The first kappa shape index (κ1) is 16.0. The van der Waals surface area contributed by atoms with E-state index in [1.807, 2.05) is 12.1 Å². The lowest BCUT2D eigenvalue weighted by Gasteiger charge is -2.11. The molecule has 0 bridgehead atoms. The molecule has 2 heterocycles. The molecule has 1 aliphatic heterocycles. The Morgan fingerprint density at radius 1 is 1.08 bits per heavy atom. The summed E-state index contributed by atoms with van der Waals surface area (Å²) in [6, 6.07) is 12.4. The maximum Gasteiger partial charge on any atom is 0.276 e. The van der Waals surface area contributed by atoms with Crippen LogP contribution < -0.4 is 10.9 Å². The third-order valence-electron chi connectivity index (χ3n) is 4.54. The first-order valence-electron chi connectivity index (χ1n) is 8.19. The molecule has 0 saturated heterocycles. The second kappa shape index (κ2) is 6.11. The third kappa shape index (κ3) is 2.73. The summed E-state index contributed by atoms with van der Waals surface area (Å²) in [5.41, 5.74) is 2.53. The fourth-order valence-electron chi connectivity index (χ4n) is 3.17. The van der Waals surface area contributed by atoms with E-state index < -0.39 is 5.91 Å². The number of carbonyl (C=O) groups is 2. The van der Waals surface area contributed by atoms with Gasteiger partial charge in [0.05, 0.1) is 5.39 Å². The molecule has 2 amide bonds. The predicted molar refractivity (Wildman–Crippen MR) is 96.7 cm³/mol. The van der Waals surface area contributed by atoms with Crippen molar-refractivity contribution in [2.75, 3.05) is 5.32 Å². The summed E-state index contributed by atoms with van der Waals surface area (Å²) in [6.45, 7) is 2.67. The molecule has 0 atom stereocenters. The monoisotopic (exact) mass is 348 g/mol.